The molecule has 0 aliphatic carbocycles. The van der Waals surface area contributed by atoms with Crippen LogP contribution in [0.2, 0.25) is 0 Å². The van der Waals surface area contributed by atoms with E-state index in [0.29, 0.717) is 19.6 Å². The van der Waals surface area contributed by atoms with Crippen molar-refractivity contribution in [3.63, 3.8) is 0 Å². The maximum Gasteiger partial charge on any atom is 0.424 e. The Hall–Kier alpha value is -2.98. The Morgan fingerprint density at radius 2 is 1.83 bits per heavy atom. The second-order valence-corrected chi connectivity index (χ2v) is 10.5. The molecule has 3 rings (SSSR count). The summed E-state index contributed by atoms with van der Waals surface area (Å²) in [7, 11) is -4.17. The number of rotatable bonds is 11. The molecule has 0 spiro atoms. The van der Waals surface area contributed by atoms with E-state index >= 15 is 0 Å². The van der Waals surface area contributed by atoms with Crippen molar-refractivity contribution in [1.29, 1.82) is 0 Å². The van der Waals surface area contributed by atoms with Crippen molar-refractivity contribution < 1.29 is 22.7 Å². The van der Waals surface area contributed by atoms with Crippen molar-refractivity contribution in [1.82, 2.24) is 18.8 Å². The van der Waals surface area contributed by atoms with Gasteiger partial charge in [-0.25, -0.2) is 18.2 Å². The maximum atomic E-state index is 13.6. The summed E-state index contributed by atoms with van der Waals surface area (Å²) in [5, 5.41) is 0. The zero-order valence-corrected chi connectivity index (χ0v) is 21.8. The predicted molar refractivity (Wildman–Crippen MR) is 134 cm³/mol. The molecule has 10 heteroatoms. The highest BCUT2D eigenvalue weighted by atomic mass is 32.2. The molecular weight excluding hydrogens is 468 g/mol. The Morgan fingerprint density at radius 3 is 2.46 bits per heavy atom. The molecule has 3 aromatic rings. The van der Waals surface area contributed by atoms with Crippen molar-refractivity contribution in [2.45, 2.75) is 58.5 Å². The third kappa shape index (κ3) is 6.18. The number of sulfonamides is 1. The summed E-state index contributed by atoms with van der Waals surface area (Å²) in [4.78, 5) is 21.5. The van der Waals surface area contributed by atoms with Crippen LogP contribution in [0.15, 0.2) is 47.6 Å². The molecule has 35 heavy (non-hydrogen) atoms. The maximum absolute atomic E-state index is 13.6. The molecule has 1 atom stereocenters. The molecule has 1 aromatic carbocycles. The number of amides is 1. The summed E-state index contributed by atoms with van der Waals surface area (Å²) in [6.07, 6.45) is 3.00. The topological polar surface area (TPSA) is 104 Å². The molecule has 0 radical (unpaired) electrons. The van der Waals surface area contributed by atoms with Gasteiger partial charge in [-0.3, -0.25) is 4.98 Å². The van der Waals surface area contributed by atoms with E-state index in [1.54, 1.807) is 31.5 Å². The summed E-state index contributed by atoms with van der Waals surface area (Å²) in [5.41, 5.74) is 2.66. The number of hydrogen-bond acceptors (Lipinski definition) is 7. The van der Waals surface area contributed by atoms with E-state index in [2.05, 4.69) is 9.97 Å². The summed E-state index contributed by atoms with van der Waals surface area (Å²) < 4.78 is 40.8. The quantitative estimate of drug-likeness (QED) is 0.383. The highest BCUT2D eigenvalue weighted by molar-refractivity contribution is 7.89. The lowest BCUT2D eigenvalue weighted by molar-refractivity contribution is 0.0719. The van der Waals surface area contributed by atoms with Crippen LogP contribution in [-0.2, 0) is 26.0 Å². The fraction of sp³-hybridized carbons (Fsp3) is 0.480. The molecule has 9 nitrogen and oxygen atoms in total. The number of carbonyl (C=O) groups excluding carboxylic acids is 1. The van der Waals surface area contributed by atoms with Gasteiger partial charge in [-0.2, -0.15) is 4.31 Å². The average molecular weight is 503 g/mol. The number of pyridine rings is 1. The van der Waals surface area contributed by atoms with E-state index in [1.807, 2.05) is 38.3 Å². The van der Waals surface area contributed by atoms with Gasteiger partial charge in [0.2, 0.25) is 0 Å². The summed E-state index contributed by atoms with van der Waals surface area (Å²) in [6.45, 7) is 10.5. The van der Waals surface area contributed by atoms with Gasteiger partial charge in [0.25, 0.3) is 10.0 Å². The second-order valence-electron chi connectivity index (χ2n) is 8.70. The van der Waals surface area contributed by atoms with Gasteiger partial charge in [0, 0.05) is 19.3 Å². The molecule has 0 fully saturated rings. The first-order valence-electron chi connectivity index (χ1n) is 11.8. The van der Waals surface area contributed by atoms with E-state index in [1.165, 1.54) is 12.1 Å². The van der Waals surface area contributed by atoms with E-state index < -0.39 is 22.2 Å². The fourth-order valence-electron chi connectivity index (χ4n) is 4.02. The number of hydrogen-bond donors (Lipinski definition) is 0. The van der Waals surface area contributed by atoms with Crippen LogP contribution in [0.5, 0.6) is 0 Å². The smallest absolute Gasteiger partial charge is 0.424 e. The van der Waals surface area contributed by atoms with Crippen LogP contribution in [0, 0.1) is 12.8 Å². The van der Waals surface area contributed by atoms with Crippen LogP contribution in [0.3, 0.4) is 0 Å². The van der Waals surface area contributed by atoms with E-state index in [4.69, 9.17) is 9.47 Å². The van der Waals surface area contributed by atoms with Crippen LogP contribution in [0.4, 0.5) is 4.79 Å². The lowest BCUT2D eigenvalue weighted by atomic mass is 10.0. The van der Waals surface area contributed by atoms with Crippen LogP contribution >= 0.6 is 0 Å². The molecule has 0 bridgehead atoms. The minimum Gasteiger partial charge on any atom is -0.449 e. The van der Waals surface area contributed by atoms with Gasteiger partial charge in [0.15, 0.2) is 0 Å². The van der Waals surface area contributed by atoms with Crippen molar-refractivity contribution in [3.05, 3.63) is 54.1 Å². The lowest BCUT2D eigenvalue weighted by Crippen LogP contribution is -2.47. The number of nitrogens with zero attached hydrogens (tertiary/aromatic N) is 4. The molecule has 190 valence electrons. The number of fused-ring (bicyclic) bond motifs is 1. The van der Waals surface area contributed by atoms with Gasteiger partial charge in [-0.05, 0) is 56.9 Å². The van der Waals surface area contributed by atoms with Gasteiger partial charge in [-0.1, -0.05) is 26.0 Å². The number of aromatic nitrogens is 3. The van der Waals surface area contributed by atoms with Gasteiger partial charge < -0.3 is 14.0 Å². The monoisotopic (exact) mass is 502 g/mol. The van der Waals surface area contributed by atoms with Crippen molar-refractivity contribution in [2.75, 3.05) is 19.8 Å². The van der Waals surface area contributed by atoms with Crippen molar-refractivity contribution >= 4 is 27.1 Å². The van der Waals surface area contributed by atoms with Gasteiger partial charge in [0.1, 0.15) is 11.3 Å². The van der Waals surface area contributed by atoms with E-state index in [9.17, 15) is 13.2 Å². The van der Waals surface area contributed by atoms with Crippen LogP contribution < -0.4 is 0 Å². The van der Waals surface area contributed by atoms with Gasteiger partial charge in [-0.15, -0.1) is 0 Å². The van der Waals surface area contributed by atoms with E-state index in [-0.39, 0.29) is 24.0 Å². The highest BCUT2D eigenvalue weighted by Crippen LogP contribution is 2.25. The summed E-state index contributed by atoms with van der Waals surface area (Å²) in [6, 6.07) is 7.79. The molecule has 0 saturated heterocycles. The zero-order valence-electron chi connectivity index (χ0n) is 21.0. The average Bonchev–Trinajstić information content (AvgIpc) is 3.12. The minimum absolute atomic E-state index is 0.0240. The summed E-state index contributed by atoms with van der Waals surface area (Å²) >= 11 is 0. The third-order valence-electron chi connectivity index (χ3n) is 5.60. The summed E-state index contributed by atoms with van der Waals surface area (Å²) in [5.74, 6) is 0.990. The van der Waals surface area contributed by atoms with Crippen LogP contribution in [0.25, 0.3) is 11.0 Å². The van der Waals surface area contributed by atoms with Gasteiger partial charge >= 0.3 is 6.09 Å². The predicted octanol–water partition coefficient (Wildman–Crippen LogP) is 4.39. The third-order valence-corrected chi connectivity index (χ3v) is 7.43. The Labute approximate surface area is 207 Å². The second kappa shape index (κ2) is 11.6. The molecule has 0 aliphatic rings. The normalized spacial score (nSPS) is 12.7. The number of aryl methyl sites for hydroxylation is 1. The van der Waals surface area contributed by atoms with Crippen molar-refractivity contribution in [3.8, 4) is 0 Å². The molecule has 0 N–H and O–H groups in total. The molecule has 0 saturated carbocycles. The fourth-order valence-corrected chi connectivity index (χ4v) is 5.52. The molecule has 1 amide bonds. The molecule has 0 aliphatic heterocycles. The Morgan fingerprint density at radius 1 is 1.11 bits per heavy atom. The first-order valence-corrected chi connectivity index (χ1v) is 13.3. The molecule has 0 unspecified atom stereocenters. The number of ether oxygens (including phenoxy) is 2. The first kappa shape index (κ1) is 26.6. The molecular formula is C25H34N4O5S. The number of carbonyl (C=O) groups is 1. The highest BCUT2D eigenvalue weighted by Gasteiger charge is 2.37. The minimum atomic E-state index is -4.17. The largest absolute Gasteiger partial charge is 0.449 e. The lowest BCUT2D eigenvalue weighted by Gasteiger charge is -2.31. The Kier molecular flexibility index (Phi) is 8.85. The zero-order chi connectivity index (χ0) is 25.6. The Balaban J connectivity index is 1.92. The molecule has 2 aromatic heterocycles. The van der Waals surface area contributed by atoms with E-state index in [0.717, 1.165) is 26.7 Å². The van der Waals surface area contributed by atoms with Gasteiger partial charge in [0.05, 0.1) is 35.9 Å². The SMILES string of the molecule is CCOC[C@H](CC(C)C)N(C(=O)OCC)S(=O)(=O)c1ccc(Cn2c(C)nc3cnccc32)cc1. The van der Waals surface area contributed by atoms with Crippen LogP contribution in [0.1, 0.15) is 45.5 Å². The van der Waals surface area contributed by atoms with Crippen molar-refractivity contribution in [2.24, 2.45) is 5.92 Å². The standard InChI is InChI=1S/C25H34N4O5S/c1-6-33-17-21(14-18(3)4)29(25(30)34-7-2)35(31,32)22-10-8-20(9-11-22)16-28-19(5)27-23-15-26-13-12-24(23)28/h8-13,15,18,21H,6-7,14,16-17H2,1-5H3/t21-/m0/s1. The Bertz CT molecular complexity index is 1240. The first-order chi connectivity index (χ1) is 16.7. The molecule has 2 heterocycles. The number of benzene rings is 1. The number of imidazole rings is 1. The van der Waals surface area contributed by atoms with Crippen LogP contribution in [-0.4, -0.2) is 59.2 Å².